The molecule has 153 valence electrons. The summed E-state index contributed by atoms with van der Waals surface area (Å²) in [5, 5.41) is 47.4. The van der Waals surface area contributed by atoms with Crippen LogP contribution in [-0.4, -0.2) is 63.1 Å². The van der Waals surface area contributed by atoms with Crippen LogP contribution in [0.25, 0.3) is 5.32 Å². The van der Waals surface area contributed by atoms with E-state index in [1.54, 1.807) is 0 Å². The minimum Gasteiger partial charge on any atom is -0.662 e. The molecule has 1 saturated heterocycles. The molecule has 0 unspecified atom stereocenters. The van der Waals surface area contributed by atoms with E-state index in [1.807, 2.05) is 0 Å². The summed E-state index contributed by atoms with van der Waals surface area (Å²) in [5.41, 5.74) is 1.25. The van der Waals surface area contributed by atoms with Crippen molar-refractivity contribution in [2.45, 2.75) is 53.9 Å². The molecule has 1 radical (unpaired) electrons. The van der Waals surface area contributed by atoms with Crippen LogP contribution in [-0.2, 0) is 21.6 Å². The molecule has 1 rings (SSSR count). The van der Waals surface area contributed by atoms with Crippen molar-refractivity contribution in [3.8, 4) is 0 Å². The molecule has 0 saturated carbocycles. The van der Waals surface area contributed by atoms with Gasteiger partial charge in [-0.1, -0.05) is 39.9 Å². The molecule has 1 heterocycles. The first-order chi connectivity index (χ1) is 11.9. The number of hydrogen-bond donors (Lipinski definition) is 4. The largest absolute Gasteiger partial charge is 2.00 e. The first-order valence-electron chi connectivity index (χ1n) is 7.53. The van der Waals surface area contributed by atoms with Crippen LogP contribution in [0.3, 0.4) is 0 Å². The predicted octanol–water partition coefficient (Wildman–Crippen LogP) is 3.03. The zero-order chi connectivity index (χ0) is 20.1. The quantitative estimate of drug-likeness (QED) is 0.234. The molecular weight excluding hydrogens is 389 g/mol. The molecule has 0 spiro atoms. The molecule has 0 amide bonds. The van der Waals surface area contributed by atoms with Crippen LogP contribution in [0.4, 0.5) is 0 Å². The molecule has 0 bridgehead atoms. The molecule has 26 heavy (non-hydrogen) atoms. The molecule has 0 aromatic heterocycles. The van der Waals surface area contributed by atoms with Crippen molar-refractivity contribution in [2.75, 3.05) is 13.1 Å². The Morgan fingerprint density at radius 3 is 1.04 bits per heavy atom. The van der Waals surface area contributed by atoms with Gasteiger partial charge in [-0.3, -0.25) is 6.29 Å². The summed E-state index contributed by atoms with van der Waals surface area (Å²) in [6.45, 7) is 9.72. The van der Waals surface area contributed by atoms with Gasteiger partial charge in [-0.25, -0.2) is 0 Å². The molecule has 1 aliphatic rings. The van der Waals surface area contributed by atoms with Crippen LogP contribution < -0.4 is 0 Å². The maximum Gasteiger partial charge on any atom is 2.00 e. The van der Waals surface area contributed by atoms with Crippen molar-refractivity contribution < 1.29 is 42.4 Å². The van der Waals surface area contributed by atoms with E-state index in [4.69, 9.17) is 25.6 Å². The third-order valence-corrected chi connectivity index (χ3v) is 2.78. The smallest absolute Gasteiger partial charge is 0.662 e. The molecule has 0 aromatic carbocycles. The minimum atomic E-state index is 0. The summed E-state index contributed by atoms with van der Waals surface area (Å²) in [5.74, 6) is 0. The van der Waals surface area contributed by atoms with Crippen LogP contribution in [0, 0.1) is 0 Å². The van der Waals surface area contributed by atoms with Crippen LogP contribution in [0.15, 0.2) is 20.6 Å². The second kappa shape index (κ2) is 25.3. The Morgan fingerprint density at radius 2 is 0.962 bits per heavy atom. The second-order valence-electron chi connectivity index (χ2n) is 4.68. The third-order valence-electron chi connectivity index (χ3n) is 2.78. The van der Waals surface area contributed by atoms with Gasteiger partial charge in [0.25, 0.3) is 0 Å². The topological polar surface area (TPSA) is 162 Å². The summed E-state index contributed by atoms with van der Waals surface area (Å²) in [6, 6.07) is 0. The van der Waals surface area contributed by atoms with E-state index >= 15 is 0 Å². The molecule has 11 heteroatoms. The van der Waals surface area contributed by atoms with E-state index < -0.39 is 0 Å². The fourth-order valence-corrected chi connectivity index (χ4v) is 1.03. The number of carbonyl (C=O) groups excluding carboxylic acids is 1. The Labute approximate surface area is 164 Å². The second-order valence-corrected chi connectivity index (χ2v) is 4.68. The van der Waals surface area contributed by atoms with Crippen LogP contribution in [0.5, 0.6) is 0 Å². The van der Waals surface area contributed by atoms with Crippen molar-refractivity contribution in [3.05, 3.63) is 5.32 Å². The standard InChI is InChI=1S/C5H10N.2C4H8N2O2.C2H3O.Co/c1-2-4-6-5-3-1;2*1-3(5-7)4(2)6-8;1-2-3;/h1-5H2;2*7-8H,1-2H3;1H3;/q-1;;;-1;+2/b;2*5-3+,6-4+;;. The SMILES string of the molecule is C1CC[N-]CC1.CC(=N\O)/C(C)=N/O.CC(=N\O)/C(C)=N/O.C[C-]=O.[Co+2]. The maximum absolute atomic E-state index is 8.68. The van der Waals surface area contributed by atoms with Crippen molar-refractivity contribution in [3.63, 3.8) is 0 Å². The zero-order valence-electron chi connectivity index (χ0n) is 15.8. The Balaban J connectivity index is -0.000000128. The fraction of sp³-hybridized carbons (Fsp3) is 0.667. The van der Waals surface area contributed by atoms with Crippen LogP contribution in [0.2, 0.25) is 0 Å². The Bertz CT molecular complexity index is 374. The average Bonchev–Trinajstić information content (AvgIpc) is 2.68. The monoisotopic (exact) mass is 418 g/mol. The van der Waals surface area contributed by atoms with Gasteiger partial charge in [0.2, 0.25) is 0 Å². The maximum atomic E-state index is 8.68. The molecule has 10 nitrogen and oxygen atoms in total. The van der Waals surface area contributed by atoms with Crippen molar-refractivity contribution in [1.82, 2.24) is 0 Å². The molecule has 0 aromatic rings. The normalized spacial score (nSPS) is 14.8. The molecule has 1 fully saturated rings. The Hall–Kier alpha value is -1.98. The predicted molar refractivity (Wildman–Crippen MR) is 97.9 cm³/mol. The first kappa shape index (κ1) is 31.8. The Kier molecular flexibility index (Phi) is 30.8. The average molecular weight is 418 g/mol. The number of nitrogens with zero attached hydrogens (tertiary/aromatic N) is 5. The van der Waals surface area contributed by atoms with Gasteiger partial charge in [-0.15, -0.1) is 13.1 Å². The Morgan fingerprint density at radius 1 is 0.731 bits per heavy atom. The van der Waals surface area contributed by atoms with Gasteiger partial charge in [0.15, 0.2) is 0 Å². The van der Waals surface area contributed by atoms with Crippen LogP contribution in [0.1, 0.15) is 53.9 Å². The van der Waals surface area contributed by atoms with Gasteiger partial charge in [0.1, 0.15) is 22.8 Å². The number of rotatable bonds is 2. The molecular formula is C15H29CoN5O5. The van der Waals surface area contributed by atoms with E-state index in [9.17, 15) is 0 Å². The van der Waals surface area contributed by atoms with Crippen molar-refractivity contribution in [2.24, 2.45) is 20.6 Å². The number of hydrogen-bond acceptors (Lipinski definition) is 9. The van der Waals surface area contributed by atoms with Gasteiger partial charge >= 0.3 is 16.8 Å². The van der Waals surface area contributed by atoms with Gasteiger partial charge in [-0.05, 0) is 27.7 Å². The van der Waals surface area contributed by atoms with Gasteiger partial charge < -0.3 is 30.9 Å². The number of oxime groups is 4. The molecule has 4 N–H and O–H groups in total. The van der Waals surface area contributed by atoms with Crippen molar-refractivity contribution >= 4 is 29.1 Å². The van der Waals surface area contributed by atoms with E-state index in [1.165, 1.54) is 60.2 Å². The summed E-state index contributed by atoms with van der Waals surface area (Å²) in [6.07, 6.45) is 5.57. The van der Waals surface area contributed by atoms with Crippen molar-refractivity contribution in [1.29, 1.82) is 0 Å². The summed E-state index contributed by atoms with van der Waals surface area (Å²) < 4.78 is 0. The molecule has 0 aliphatic carbocycles. The van der Waals surface area contributed by atoms with E-state index in [-0.39, 0.29) is 16.8 Å². The number of piperidine rings is 1. The summed E-state index contributed by atoms with van der Waals surface area (Å²) >= 11 is 0. The van der Waals surface area contributed by atoms with E-state index in [0.29, 0.717) is 22.8 Å². The summed E-state index contributed by atoms with van der Waals surface area (Å²) in [4.78, 5) is 8.68. The van der Waals surface area contributed by atoms with Gasteiger partial charge in [0.05, 0.1) is 0 Å². The fourth-order valence-electron chi connectivity index (χ4n) is 1.03. The zero-order valence-corrected chi connectivity index (χ0v) is 16.8. The van der Waals surface area contributed by atoms with Crippen LogP contribution >= 0.6 is 0 Å². The van der Waals surface area contributed by atoms with E-state index in [0.717, 1.165) is 13.1 Å². The first-order valence-corrected chi connectivity index (χ1v) is 7.53. The molecule has 1 aliphatic heterocycles. The minimum absolute atomic E-state index is 0. The third kappa shape index (κ3) is 24.3. The van der Waals surface area contributed by atoms with Gasteiger partial charge in [0, 0.05) is 0 Å². The van der Waals surface area contributed by atoms with Gasteiger partial charge in [-0.2, -0.15) is 6.92 Å². The van der Waals surface area contributed by atoms with E-state index in [2.05, 4.69) is 25.9 Å². The summed E-state index contributed by atoms with van der Waals surface area (Å²) in [7, 11) is 0. The molecule has 0 atom stereocenters.